The van der Waals surface area contributed by atoms with Crippen LogP contribution in [-0.2, 0) is 22.1 Å². The Hall–Kier alpha value is -0.146. The summed E-state index contributed by atoms with van der Waals surface area (Å²) in [6, 6.07) is 1.85. The highest BCUT2D eigenvalue weighted by Gasteiger charge is 2.36. The van der Waals surface area contributed by atoms with E-state index in [1.165, 1.54) is 0 Å². The summed E-state index contributed by atoms with van der Waals surface area (Å²) in [5, 5.41) is 6.51. The molecule has 1 unspecified atom stereocenters. The Labute approximate surface area is 175 Å². The molecule has 0 rings (SSSR count). The number of nitrogens with one attached hydrogen (secondary N) is 2. The van der Waals surface area contributed by atoms with E-state index in [2.05, 4.69) is 30.7 Å². The SMILES string of the molecule is C=CCNCCC[Si](OC)(OC)OC.CO[Si](C)(CC(C)CNCCN)OC. The van der Waals surface area contributed by atoms with Crippen molar-refractivity contribution in [3.8, 4) is 0 Å². The number of rotatable bonds is 17. The summed E-state index contributed by atoms with van der Waals surface area (Å²) in [6.07, 6.45) is 2.82. The first kappa shape index (κ1) is 30.1. The van der Waals surface area contributed by atoms with Gasteiger partial charge in [-0.2, -0.15) is 0 Å². The smallest absolute Gasteiger partial charge is 0.398 e. The van der Waals surface area contributed by atoms with Gasteiger partial charge >= 0.3 is 17.4 Å². The summed E-state index contributed by atoms with van der Waals surface area (Å²) in [5.41, 5.74) is 5.39. The molecule has 0 fully saturated rings. The lowest BCUT2D eigenvalue weighted by Gasteiger charge is -2.26. The van der Waals surface area contributed by atoms with Gasteiger partial charge in [-0.15, -0.1) is 6.58 Å². The molecule has 0 aromatic heterocycles. The van der Waals surface area contributed by atoms with Gasteiger partial charge in [-0.3, -0.25) is 0 Å². The van der Waals surface area contributed by atoms with Crippen molar-refractivity contribution in [3.63, 3.8) is 0 Å². The van der Waals surface area contributed by atoms with Crippen LogP contribution in [0.2, 0.25) is 18.6 Å². The second-order valence-corrected chi connectivity index (χ2v) is 13.3. The van der Waals surface area contributed by atoms with Crippen LogP contribution in [0.4, 0.5) is 0 Å². The largest absolute Gasteiger partial charge is 0.500 e. The van der Waals surface area contributed by atoms with E-state index in [1.54, 1.807) is 35.5 Å². The Bertz CT molecular complexity index is 352. The highest BCUT2D eigenvalue weighted by molar-refractivity contribution is 6.66. The maximum Gasteiger partial charge on any atom is 0.500 e. The van der Waals surface area contributed by atoms with Gasteiger partial charge in [-0.1, -0.05) is 13.0 Å². The zero-order chi connectivity index (χ0) is 21.9. The molecule has 0 heterocycles. The molecule has 28 heavy (non-hydrogen) atoms. The third kappa shape index (κ3) is 14.8. The lowest BCUT2D eigenvalue weighted by atomic mass is 10.2. The lowest BCUT2D eigenvalue weighted by molar-refractivity contribution is 0.123. The van der Waals surface area contributed by atoms with Gasteiger partial charge in [0, 0.05) is 61.2 Å². The minimum absolute atomic E-state index is 0.568. The van der Waals surface area contributed by atoms with E-state index in [0.29, 0.717) is 12.5 Å². The fraction of sp³-hybridized carbons (Fsp3) is 0.889. The molecule has 1 atom stereocenters. The van der Waals surface area contributed by atoms with Crippen molar-refractivity contribution in [2.75, 3.05) is 68.3 Å². The summed E-state index contributed by atoms with van der Waals surface area (Å²) >= 11 is 0. The zero-order valence-electron chi connectivity index (χ0n) is 19.1. The minimum atomic E-state index is -2.34. The Morgan fingerprint density at radius 2 is 1.54 bits per heavy atom. The van der Waals surface area contributed by atoms with Gasteiger partial charge in [0.2, 0.25) is 0 Å². The van der Waals surface area contributed by atoms with E-state index in [9.17, 15) is 0 Å². The van der Waals surface area contributed by atoms with Crippen molar-refractivity contribution in [3.05, 3.63) is 12.7 Å². The molecule has 0 saturated heterocycles. The van der Waals surface area contributed by atoms with Gasteiger partial charge in [0.25, 0.3) is 0 Å². The van der Waals surface area contributed by atoms with Crippen molar-refractivity contribution in [1.82, 2.24) is 10.6 Å². The van der Waals surface area contributed by atoms with Crippen LogP contribution in [-0.4, -0.2) is 85.6 Å². The molecule has 0 aromatic rings. The standard InChI is InChI=1S/C9H24N2O2Si.C9H21NO3Si/c1-9(7-11-6-5-10)8-14(4,12-2)13-3;1-5-7-10-8-6-9-14(11-2,12-3)13-4/h9,11H,5-8,10H2,1-4H3;5,10H,1,6-9H2,2-4H3. The molecule has 8 nitrogen and oxygen atoms in total. The molecule has 0 aliphatic heterocycles. The molecule has 170 valence electrons. The van der Waals surface area contributed by atoms with Crippen molar-refractivity contribution in [1.29, 1.82) is 0 Å². The zero-order valence-corrected chi connectivity index (χ0v) is 21.1. The van der Waals surface area contributed by atoms with Crippen molar-refractivity contribution in [2.45, 2.75) is 32.0 Å². The molecule has 10 heteroatoms. The van der Waals surface area contributed by atoms with Crippen LogP contribution in [0.3, 0.4) is 0 Å². The molecule has 0 bridgehead atoms. The normalized spacial score (nSPS) is 13.0. The third-order valence-corrected chi connectivity index (χ3v) is 10.5. The topological polar surface area (TPSA) is 96.2 Å². The Balaban J connectivity index is 0. The van der Waals surface area contributed by atoms with E-state index in [0.717, 1.165) is 44.7 Å². The number of nitrogens with two attached hydrogens (primary N) is 1. The molecule has 0 amide bonds. The van der Waals surface area contributed by atoms with Gasteiger partial charge in [0.15, 0.2) is 0 Å². The first-order valence-corrected chi connectivity index (χ1v) is 14.3. The summed E-state index contributed by atoms with van der Waals surface area (Å²) in [4.78, 5) is 0. The van der Waals surface area contributed by atoms with E-state index in [-0.39, 0.29) is 0 Å². The third-order valence-electron chi connectivity index (χ3n) is 4.45. The average molecular weight is 440 g/mol. The number of hydrogen-bond donors (Lipinski definition) is 3. The second-order valence-electron chi connectivity index (χ2n) is 6.74. The number of hydrogen-bond acceptors (Lipinski definition) is 8. The van der Waals surface area contributed by atoms with Crippen LogP contribution < -0.4 is 16.4 Å². The van der Waals surface area contributed by atoms with Crippen LogP contribution >= 0.6 is 0 Å². The molecule has 0 saturated carbocycles. The fourth-order valence-electron chi connectivity index (χ4n) is 2.60. The molecular formula is C18H45N3O5Si2. The fourth-order valence-corrected chi connectivity index (χ4v) is 6.23. The van der Waals surface area contributed by atoms with Crippen molar-refractivity contribution in [2.24, 2.45) is 11.7 Å². The van der Waals surface area contributed by atoms with E-state index >= 15 is 0 Å². The predicted octanol–water partition coefficient (Wildman–Crippen LogP) is 1.57. The molecule has 0 aliphatic carbocycles. The first-order valence-electron chi connectivity index (χ1n) is 9.80. The highest BCUT2D eigenvalue weighted by atomic mass is 28.4. The van der Waals surface area contributed by atoms with E-state index in [1.807, 2.05) is 6.08 Å². The molecule has 0 aromatic carbocycles. The maximum atomic E-state index is 5.43. The van der Waals surface area contributed by atoms with E-state index < -0.39 is 17.4 Å². The lowest BCUT2D eigenvalue weighted by Crippen LogP contribution is -2.43. The predicted molar refractivity (Wildman–Crippen MR) is 121 cm³/mol. The summed E-state index contributed by atoms with van der Waals surface area (Å²) < 4.78 is 26.7. The summed E-state index contributed by atoms with van der Waals surface area (Å²) in [6.45, 7) is 12.2. The maximum absolute atomic E-state index is 5.43. The van der Waals surface area contributed by atoms with Gasteiger partial charge in [-0.25, -0.2) is 0 Å². The quantitative estimate of drug-likeness (QED) is 0.179. The molecule has 0 radical (unpaired) electrons. The summed E-state index contributed by atoms with van der Waals surface area (Å²) in [7, 11) is 4.13. The van der Waals surface area contributed by atoms with Gasteiger partial charge in [-0.05, 0) is 38.0 Å². The van der Waals surface area contributed by atoms with Crippen molar-refractivity contribution >= 4 is 17.4 Å². The highest BCUT2D eigenvalue weighted by Crippen LogP contribution is 2.17. The first-order chi connectivity index (χ1) is 13.3. The average Bonchev–Trinajstić information content (AvgIpc) is 2.72. The van der Waals surface area contributed by atoms with Crippen molar-refractivity contribution < 1.29 is 22.1 Å². The van der Waals surface area contributed by atoms with Crippen LogP contribution in [0.25, 0.3) is 0 Å². The van der Waals surface area contributed by atoms with Gasteiger partial charge in [0.1, 0.15) is 0 Å². The van der Waals surface area contributed by atoms with Crippen LogP contribution in [0.5, 0.6) is 0 Å². The van der Waals surface area contributed by atoms with Crippen LogP contribution in [0.1, 0.15) is 13.3 Å². The molecule has 4 N–H and O–H groups in total. The van der Waals surface area contributed by atoms with Crippen LogP contribution in [0, 0.1) is 5.92 Å². The second kappa shape index (κ2) is 18.9. The molecule has 0 aliphatic rings. The Morgan fingerprint density at radius 1 is 0.964 bits per heavy atom. The van der Waals surface area contributed by atoms with Gasteiger partial charge < -0.3 is 38.5 Å². The monoisotopic (exact) mass is 439 g/mol. The Morgan fingerprint density at radius 3 is 1.96 bits per heavy atom. The van der Waals surface area contributed by atoms with Crippen LogP contribution in [0.15, 0.2) is 12.7 Å². The summed E-state index contributed by atoms with van der Waals surface area (Å²) in [5.74, 6) is 0.568. The minimum Gasteiger partial charge on any atom is -0.398 e. The van der Waals surface area contributed by atoms with Gasteiger partial charge in [0.05, 0.1) is 0 Å². The molecular weight excluding hydrogens is 394 g/mol. The Kier molecular flexibility index (Phi) is 20.2. The molecule has 0 spiro atoms. The van der Waals surface area contributed by atoms with E-state index in [4.69, 9.17) is 27.9 Å².